The van der Waals surface area contributed by atoms with Crippen molar-refractivity contribution in [2.24, 2.45) is 0 Å². The Hall–Kier alpha value is -2.56. The van der Waals surface area contributed by atoms with E-state index >= 15 is 0 Å². The van der Waals surface area contributed by atoms with Gasteiger partial charge in [-0.05, 0) is 24.3 Å². The van der Waals surface area contributed by atoms with Crippen LogP contribution in [0.25, 0.3) is 21.5 Å². The first-order valence-corrected chi connectivity index (χ1v) is 11.7. The molecule has 0 aliphatic heterocycles. The molecule has 0 bridgehead atoms. The van der Waals surface area contributed by atoms with Crippen molar-refractivity contribution >= 4 is 55.7 Å². The predicted octanol–water partition coefficient (Wildman–Crippen LogP) is 5.89. The van der Waals surface area contributed by atoms with Crippen molar-refractivity contribution in [3.8, 4) is 17.0 Å². The van der Waals surface area contributed by atoms with Gasteiger partial charge >= 0.3 is 6.61 Å². The topological polar surface area (TPSA) is 64.1 Å². The van der Waals surface area contributed by atoms with Crippen LogP contribution in [0.1, 0.15) is 5.01 Å². The second-order valence-electron chi connectivity index (χ2n) is 6.03. The van der Waals surface area contributed by atoms with Gasteiger partial charge in [0.2, 0.25) is 5.91 Å². The molecule has 2 heterocycles. The number of thiazole rings is 2. The highest BCUT2D eigenvalue weighted by Crippen LogP contribution is 2.33. The maximum absolute atomic E-state index is 12.6. The van der Waals surface area contributed by atoms with Crippen LogP contribution in [0.15, 0.2) is 53.9 Å². The van der Waals surface area contributed by atoms with Gasteiger partial charge in [-0.15, -0.1) is 34.4 Å². The molecule has 4 rings (SSSR count). The number of carbonyl (C=O) groups is 1. The Labute approximate surface area is 183 Å². The van der Waals surface area contributed by atoms with E-state index in [2.05, 4.69) is 20.0 Å². The minimum absolute atomic E-state index is 0.0436. The lowest BCUT2D eigenvalue weighted by molar-refractivity contribution is -0.113. The van der Waals surface area contributed by atoms with Gasteiger partial charge in [0.05, 0.1) is 21.7 Å². The van der Waals surface area contributed by atoms with E-state index in [1.807, 2.05) is 24.3 Å². The van der Waals surface area contributed by atoms with Crippen molar-refractivity contribution in [2.45, 2.75) is 12.4 Å². The van der Waals surface area contributed by atoms with Crippen LogP contribution in [0.3, 0.4) is 0 Å². The van der Waals surface area contributed by atoms with Crippen LogP contribution in [0.5, 0.6) is 5.75 Å². The molecule has 0 aliphatic rings. The Balaban J connectivity index is 1.33. The molecule has 0 saturated carbocycles. The van der Waals surface area contributed by atoms with E-state index in [1.165, 1.54) is 29.2 Å². The Morgan fingerprint density at radius 1 is 1.13 bits per heavy atom. The zero-order valence-corrected chi connectivity index (χ0v) is 17.8. The number of alkyl halides is 2. The summed E-state index contributed by atoms with van der Waals surface area (Å²) in [6, 6.07) is 14.3. The number of thioether (sulfide) groups is 1. The predicted molar refractivity (Wildman–Crippen MR) is 119 cm³/mol. The Bertz CT molecular complexity index is 1130. The molecule has 0 unspecified atom stereocenters. The number of hydrogen-bond donors (Lipinski definition) is 1. The number of benzene rings is 2. The van der Waals surface area contributed by atoms with Gasteiger partial charge in [-0.2, -0.15) is 8.78 Å². The molecule has 0 atom stereocenters. The van der Waals surface area contributed by atoms with E-state index in [9.17, 15) is 13.6 Å². The first kappa shape index (κ1) is 20.7. The van der Waals surface area contributed by atoms with Crippen LogP contribution in [-0.4, -0.2) is 28.2 Å². The average Bonchev–Trinajstić information content (AvgIpc) is 3.34. The Morgan fingerprint density at radius 3 is 2.77 bits per heavy atom. The smallest absolute Gasteiger partial charge is 0.387 e. The average molecular weight is 464 g/mol. The summed E-state index contributed by atoms with van der Waals surface area (Å²) in [5.74, 6) is 0.769. The van der Waals surface area contributed by atoms with E-state index in [4.69, 9.17) is 0 Å². The maximum atomic E-state index is 12.6. The summed E-state index contributed by atoms with van der Waals surface area (Å²) in [5.41, 5.74) is 1.88. The third-order valence-corrected chi connectivity index (χ3v) is 6.85. The van der Waals surface area contributed by atoms with Gasteiger partial charge in [-0.25, -0.2) is 9.97 Å². The number of nitrogens with one attached hydrogen (secondary N) is 1. The Kier molecular flexibility index (Phi) is 6.56. The first-order valence-electron chi connectivity index (χ1n) is 8.80. The quantitative estimate of drug-likeness (QED) is 0.353. The summed E-state index contributed by atoms with van der Waals surface area (Å²) in [6.45, 7) is -2.92. The number of hydrogen-bond acceptors (Lipinski definition) is 7. The molecule has 4 aromatic rings. The third kappa shape index (κ3) is 5.13. The van der Waals surface area contributed by atoms with Crippen LogP contribution in [0.2, 0.25) is 0 Å². The molecule has 0 saturated heterocycles. The third-order valence-electron chi connectivity index (χ3n) is 3.93. The van der Waals surface area contributed by atoms with Crippen molar-refractivity contribution in [1.82, 2.24) is 9.97 Å². The number of nitrogens with zero attached hydrogens (tertiary/aromatic N) is 2. The second kappa shape index (κ2) is 9.50. The van der Waals surface area contributed by atoms with E-state index < -0.39 is 6.61 Å². The van der Waals surface area contributed by atoms with E-state index in [0.717, 1.165) is 15.2 Å². The summed E-state index contributed by atoms with van der Waals surface area (Å²) >= 11 is 4.32. The lowest BCUT2D eigenvalue weighted by Gasteiger charge is -2.08. The minimum atomic E-state index is -2.92. The van der Waals surface area contributed by atoms with Gasteiger partial charge in [0.15, 0.2) is 5.13 Å². The SMILES string of the molecule is O=C(CSCc1nc2ccccc2s1)Nc1nc(-c2ccccc2OC(F)F)cs1. The highest BCUT2D eigenvalue weighted by molar-refractivity contribution is 7.99. The highest BCUT2D eigenvalue weighted by atomic mass is 32.2. The van der Waals surface area contributed by atoms with Crippen LogP contribution in [-0.2, 0) is 10.5 Å². The lowest BCUT2D eigenvalue weighted by atomic mass is 10.1. The fraction of sp³-hybridized carbons (Fsp3) is 0.150. The number of anilines is 1. The first-order chi connectivity index (χ1) is 14.6. The normalized spacial score (nSPS) is 11.2. The number of rotatable bonds is 8. The maximum Gasteiger partial charge on any atom is 0.387 e. The zero-order valence-electron chi connectivity index (χ0n) is 15.4. The number of ether oxygens (including phenoxy) is 1. The minimum Gasteiger partial charge on any atom is -0.434 e. The summed E-state index contributed by atoms with van der Waals surface area (Å²) in [7, 11) is 0. The summed E-state index contributed by atoms with van der Waals surface area (Å²) in [5, 5.41) is 5.82. The molecule has 0 radical (unpaired) electrons. The summed E-state index contributed by atoms with van der Waals surface area (Å²) in [6.07, 6.45) is 0. The van der Waals surface area contributed by atoms with E-state index in [0.29, 0.717) is 22.1 Å². The largest absolute Gasteiger partial charge is 0.434 e. The van der Waals surface area contributed by atoms with Gasteiger partial charge in [0, 0.05) is 16.7 Å². The van der Waals surface area contributed by atoms with E-state index in [1.54, 1.807) is 34.9 Å². The fourth-order valence-electron chi connectivity index (χ4n) is 2.70. The molecule has 30 heavy (non-hydrogen) atoms. The fourth-order valence-corrected chi connectivity index (χ4v) is 5.27. The monoisotopic (exact) mass is 463 g/mol. The molecular weight excluding hydrogens is 448 g/mol. The molecule has 10 heteroatoms. The lowest BCUT2D eigenvalue weighted by Crippen LogP contribution is -2.14. The van der Waals surface area contributed by atoms with E-state index in [-0.39, 0.29) is 17.4 Å². The molecule has 0 fully saturated rings. The molecule has 0 spiro atoms. The number of carbonyl (C=O) groups excluding carboxylic acids is 1. The van der Waals surface area contributed by atoms with Crippen molar-refractivity contribution in [2.75, 3.05) is 11.1 Å². The van der Waals surface area contributed by atoms with Gasteiger partial charge in [-0.3, -0.25) is 4.79 Å². The Morgan fingerprint density at radius 2 is 1.93 bits per heavy atom. The van der Waals surface area contributed by atoms with Gasteiger partial charge in [0.25, 0.3) is 0 Å². The molecule has 1 amide bonds. The molecule has 1 N–H and O–H groups in total. The standard InChI is InChI=1S/C20H15F2N3O2S3/c21-19(22)27-15-7-3-1-5-12(15)14-9-29-20(24-14)25-17(26)10-28-11-18-23-13-6-2-4-8-16(13)30-18/h1-9,19H,10-11H2,(H,24,25,26). The van der Waals surface area contributed by atoms with Gasteiger partial charge in [0.1, 0.15) is 10.8 Å². The molecule has 154 valence electrons. The number of fused-ring (bicyclic) bond motifs is 1. The number of para-hydroxylation sites is 2. The molecule has 0 aliphatic carbocycles. The van der Waals surface area contributed by atoms with Crippen molar-refractivity contribution in [3.63, 3.8) is 0 Å². The van der Waals surface area contributed by atoms with Crippen molar-refractivity contribution < 1.29 is 18.3 Å². The highest BCUT2D eigenvalue weighted by Gasteiger charge is 2.14. The molecule has 2 aromatic carbocycles. The van der Waals surface area contributed by atoms with Crippen molar-refractivity contribution in [3.05, 3.63) is 58.9 Å². The van der Waals surface area contributed by atoms with Crippen LogP contribution in [0.4, 0.5) is 13.9 Å². The molecular formula is C20H15F2N3O2S3. The van der Waals surface area contributed by atoms with Crippen LogP contribution < -0.4 is 10.1 Å². The molecule has 5 nitrogen and oxygen atoms in total. The van der Waals surface area contributed by atoms with Gasteiger partial charge < -0.3 is 10.1 Å². The van der Waals surface area contributed by atoms with Crippen LogP contribution in [0, 0.1) is 0 Å². The molecule has 2 aromatic heterocycles. The second-order valence-corrected chi connectivity index (χ2v) is 8.99. The summed E-state index contributed by atoms with van der Waals surface area (Å²) < 4.78 is 30.9. The number of halogens is 2. The zero-order chi connectivity index (χ0) is 20.9. The van der Waals surface area contributed by atoms with Crippen LogP contribution >= 0.6 is 34.4 Å². The van der Waals surface area contributed by atoms with Gasteiger partial charge in [-0.1, -0.05) is 24.3 Å². The number of aromatic nitrogens is 2. The van der Waals surface area contributed by atoms with Crippen molar-refractivity contribution in [1.29, 1.82) is 0 Å². The number of amides is 1. The summed E-state index contributed by atoms with van der Waals surface area (Å²) in [4.78, 5) is 21.1.